The lowest BCUT2D eigenvalue weighted by Gasteiger charge is -2.18. The quantitative estimate of drug-likeness (QED) is 0.195. The first kappa shape index (κ1) is 25.1. The monoisotopic (exact) mass is 635 g/mol. The fourth-order valence-electron chi connectivity index (χ4n) is 3.55. The van der Waals surface area contributed by atoms with Crippen LogP contribution >= 0.6 is 69.8 Å². The third-order valence-corrected chi connectivity index (χ3v) is 7.99. The summed E-state index contributed by atoms with van der Waals surface area (Å²) in [6.45, 7) is 1.51. The highest BCUT2D eigenvalue weighted by Gasteiger charge is 2.34. The molecule has 1 amide bonds. The number of methoxy groups -OCH3 is 1. The van der Waals surface area contributed by atoms with Crippen LogP contribution in [0.4, 0.5) is 0 Å². The standard InChI is InChI=1S/C23H20Cl2INO4S2/c1-29-19-8-13(7-18(26)21(19)31-12-14-4-5-15(24)10-17(14)25)9-20-22(28)27(23(32)33-20)11-16-3-2-6-30-16/h4-5,7-10,16H,2-3,6,11-12H2,1H3/b20-9-/t16-/m0/s1. The number of hydrogen-bond donors (Lipinski definition) is 0. The zero-order valence-corrected chi connectivity index (χ0v) is 22.9. The molecule has 5 nitrogen and oxygen atoms in total. The molecule has 2 aliphatic heterocycles. The first-order chi connectivity index (χ1) is 15.9. The summed E-state index contributed by atoms with van der Waals surface area (Å²) in [5, 5.41) is 1.11. The highest BCUT2D eigenvalue weighted by molar-refractivity contribution is 14.1. The number of rotatable bonds is 7. The van der Waals surface area contributed by atoms with Crippen LogP contribution in [0, 0.1) is 3.57 Å². The zero-order chi connectivity index (χ0) is 23.5. The van der Waals surface area contributed by atoms with Crippen LogP contribution in [0.15, 0.2) is 35.2 Å². The molecule has 2 saturated heterocycles. The van der Waals surface area contributed by atoms with Gasteiger partial charge >= 0.3 is 0 Å². The van der Waals surface area contributed by atoms with Gasteiger partial charge in [-0.25, -0.2) is 0 Å². The van der Waals surface area contributed by atoms with Crippen LogP contribution in [0.25, 0.3) is 6.08 Å². The van der Waals surface area contributed by atoms with Crippen LogP contribution < -0.4 is 9.47 Å². The number of benzene rings is 2. The van der Waals surface area contributed by atoms with Gasteiger partial charge < -0.3 is 14.2 Å². The highest BCUT2D eigenvalue weighted by Crippen LogP contribution is 2.38. The van der Waals surface area contributed by atoms with Gasteiger partial charge in [-0.2, -0.15) is 0 Å². The van der Waals surface area contributed by atoms with Crippen molar-refractivity contribution in [2.75, 3.05) is 20.3 Å². The first-order valence-electron chi connectivity index (χ1n) is 10.2. The number of carbonyl (C=O) groups excluding carboxylic acids is 1. The van der Waals surface area contributed by atoms with Crippen molar-refractivity contribution >= 4 is 86.1 Å². The maximum Gasteiger partial charge on any atom is 0.266 e. The van der Waals surface area contributed by atoms with Gasteiger partial charge in [0.25, 0.3) is 5.91 Å². The van der Waals surface area contributed by atoms with Crippen molar-refractivity contribution in [3.8, 4) is 11.5 Å². The minimum absolute atomic E-state index is 0.0541. The Hall–Kier alpha value is -1.04. The van der Waals surface area contributed by atoms with Gasteiger partial charge in [0.1, 0.15) is 10.9 Å². The molecule has 0 spiro atoms. The molecule has 1 atom stereocenters. The summed E-state index contributed by atoms with van der Waals surface area (Å²) >= 11 is 21.2. The second kappa shape index (κ2) is 11.1. The van der Waals surface area contributed by atoms with Gasteiger partial charge in [0, 0.05) is 22.2 Å². The molecule has 33 heavy (non-hydrogen) atoms. The second-order valence-corrected chi connectivity index (χ2v) is 11.2. The molecular formula is C23H20Cl2INO4S2. The minimum atomic E-state index is -0.0906. The van der Waals surface area contributed by atoms with Crippen LogP contribution in [0.2, 0.25) is 10.0 Å². The van der Waals surface area contributed by atoms with E-state index in [0.717, 1.165) is 34.1 Å². The number of thioether (sulfide) groups is 1. The average molecular weight is 636 g/mol. The van der Waals surface area contributed by atoms with Crippen LogP contribution in [0.5, 0.6) is 11.5 Å². The first-order valence-corrected chi connectivity index (χ1v) is 13.2. The Labute approximate surface area is 225 Å². The van der Waals surface area contributed by atoms with Crippen molar-refractivity contribution in [1.82, 2.24) is 4.90 Å². The van der Waals surface area contributed by atoms with Gasteiger partial charge in [0.2, 0.25) is 0 Å². The molecule has 0 unspecified atom stereocenters. The third-order valence-electron chi connectivity index (χ3n) is 5.22. The number of ether oxygens (including phenoxy) is 3. The zero-order valence-electron chi connectivity index (χ0n) is 17.6. The van der Waals surface area contributed by atoms with Gasteiger partial charge in [-0.3, -0.25) is 9.69 Å². The lowest BCUT2D eigenvalue weighted by Crippen LogP contribution is -2.35. The molecule has 2 aliphatic rings. The van der Waals surface area contributed by atoms with E-state index in [1.165, 1.54) is 11.8 Å². The van der Waals surface area contributed by atoms with E-state index in [2.05, 4.69) is 22.6 Å². The van der Waals surface area contributed by atoms with Crippen LogP contribution in [0.1, 0.15) is 24.0 Å². The minimum Gasteiger partial charge on any atom is -0.493 e. The fraction of sp³-hybridized carbons (Fsp3) is 0.304. The van der Waals surface area contributed by atoms with Crippen LogP contribution in [-0.2, 0) is 16.1 Å². The van der Waals surface area contributed by atoms with E-state index < -0.39 is 0 Å². The van der Waals surface area contributed by atoms with E-state index in [4.69, 9.17) is 49.6 Å². The Morgan fingerprint density at radius 1 is 1.33 bits per heavy atom. The predicted octanol–water partition coefficient (Wildman–Crippen LogP) is 6.57. The van der Waals surface area contributed by atoms with Gasteiger partial charge in [0.15, 0.2) is 11.5 Å². The number of nitrogens with zero attached hydrogens (tertiary/aromatic N) is 1. The number of thiocarbonyl (C=S) groups is 1. The van der Waals surface area contributed by atoms with Crippen molar-refractivity contribution < 1.29 is 19.0 Å². The SMILES string of the molecule is COc1cc(/C=C2\SC(=S)N(C[C@@H]3CCCO3)C2=O)cc(I)c1OCc1ccc(Cl)cc1Cl. The molecule has 10 heteroatoms. The molecule has 0 radical (unpaired) electrons. The van der Waals surface area contributed by atoms with E-state index in [1.54, 1.807) is 24.1 Å². The number of amides is 1. The summed E-state index contributed by atoms with van der Waals surface area (Å²) in [5.74, 6) is 1.08. The predicted molar refractivity (Wildman–Crippen MR) is 145 cm³/mol. The molecule has 4 rings (SSSR count). The lowest BCUT2D eigenvalue weighted by molar-refractivity contribution is -0.123. The maximum absolute atomic E-state index is 12.9. The molecule has 0 N–H and O–H groups in total. The summed E-state index contributed by atoms with van der Waals surface area (Å²) in [7, 11) is 1.58. The smallest absolute Gasteiger partial charge is 0.266 e. The largest absolute Gasteiger partial charge is 0.493 e. The van der Waals surface area contributed by atoms with Gasteiger partial charge in [0.05, 0.1) is 28.2 Å². The Bertz CT molecular complexity index is 1120. The van der Waals surface area contributed by atoms with Gasteiger partial charge in [-0.05, 0) is 71.3 Å². The molecular weight excluding hydrogens is 616 g/mol. The van der Waals surface area contributed by atoms with E-state index in [9.17, 15) is 4.79 Å². The van der Waals surface area contributed by atoms with Crippen molar-refractivity contribution in [3.05, 3.63) is 60.0 Å². The topological polar surface area (TPSA) is 48.0 Å². The Balaban J connectivity index is 1.51. The molecule has 2 aromatic rings. The van der Waals surface area contributed by atoms with Gasteiger partial charge in [-0.15, -0.1) is 0 Å². The van der Waals surface area contributed by atoms with E-state index in [-0.39, 0.29) is 18.6 Å². The summed E-state index contributed by atoms with van der Waals surface area (Å²) in [5.41, 5.74) is 1.64. The molecule has 2 fully saturated rings. The van der Waals surface area contributed by atoms with Crippen molar-refractivity contribution in [2.45, 2.75) is 25.6 Å². The summed E-state index contributed by atoms with van der Waals surface area (Å²) in [4.78, 5) is 15.2. The van der Waals surface area contributed by atoms with Gasteiger partial charge in [-0.1, -0.05) is 53.2 Å². The molecule has 2 heterocycles. The van der Waals surface area contributed by atoms with Crippen molar-refractivity contribution in [3.63, 3.8) is 0 Å². The number of hydrogen-bond acceptors (Lipinski definition) is 6. The normalized spacial score (nSPS) is 19.6. The number of carbonyl (C=O) groups is 1. The van der Waals surface area contributed by atoms with Crippen molar-refractivity contribution in [1.29, 1.82) is 0 Å². The highest BCUT2D eigenvalue weighted by atomic mass is 127. The third kappa shape index (κ3) is 5.97. The van der Waals surface area contributed by atoms with E-state index in [0.29, 0.717) is 37.3 Å². The second-order valence-electron chi connectivity index (χ2n) is 7.49. The summed E-state index contributed by atoms with van der Waals surface area (Å²) < 4.78 is 18.7. The lowest BCUT2D eigenvalue weighted by atomic mass is 10.1. The Morgan fingerprint density at radius 3 is 2.85 bits per heavy atom. The van der Waals surface area contributed by atoms with E-state index in [1.807, 2.05) is 24.3 Å². The molecule has 0 bridgehead atoms. The molecule has 0 aliphatic carbocycles. The van der Waals surface area contributed by atoms with Crippen molar-refractivity contribution in [2.24, 2.45) is 0 Å². The molecule has 0 aromatic heterocycles. The number of halogens is 3. The van der Waals surface area contributed by atoms with Crippen LogP contribution in [-0.4, -0.2) is 41.5 Å². The van der Waals surface area contributed by atoms with E-state index >= 15 is 0 Å². The molecule has 174 valence electrons. The molecule has 0 saturated carbocycles. The Kier molecular flexibility index (Phi) is 8.46. The average Bonchev–Trinajstić information content (AvgIpc) is 3.38. The summed E-state index contributed by atoms with van der Waals surface area (Å²) in [6, 6.07) is 9.06. The Morgan fingerprint density at radius 2 is 2.15 bits per heavy atom. The maximum atomic E-state index is 12.9. The molecule has 2 aromatic carbocycles. The van der Waals surface area contributed by atoms with Crippen LogP contribution in [0.3, 0.4) is 0 Å². The fourth-order valence-corrected chi connectivity index (χ4v) is 6.07. The summed E-state index contributed by atoms with van der Waals surface area (Å²) in [6.07, 6.45) is 3.86.